The van der Waals surface area contributed by atoms with E-state index >= 15 is 0 Å². The van der Waals surface area contributed by atoms with Crippen molar-refractivity contribution in [3.05, 3.63) is 29.8 Å². The molecule has 1 aromatic rings. The molecule has 6 nitrogen and oxygen atoms in total. The molecular weight excluding hydrogens is 332 g/mol. The standard InChI is InChI=1S/C17H19F2N3O3/c18-11-8-12(19)10-13(9-11)20-14(23)4-7-22-15(24)17(21-16(22)25)5-2-1-3-6-17/h8-10H,1-7H2,(H,20,23)(H,21,25). The van der Waals surface area contributed by atoms with Crippen molar-refractivity contribution in [1.29, 1.82) is 0 Å². The quantitative estimate of drug-likeness (QED) is 0.819. The normalized spacial score (nSPS) is 19.2. The highest BCUT2D eigenvalue weighted by molar-refractivity contribution is 6.07. The second kappa shape index (κ2) is 6.78. The minimum Gasteiger partial charge on any atom is -0.326 e. The fraction of sp³-hybridized carbons (Fsp3) is 0.471. The van der Waals surface area contributed by atoms with Crippen LogP contribution in [0.4, 0.5) is 19.3 Å². The van der Waals surface area contributed by atoms with Crippen LogP contribution in [0, 0.1) is 11.6 Å². The second-order valence-corrected chi connectivity index (χ2v) is 6.49. The Morgan fingerprint density at radius 1 is 1.12 bits per heavy atom. The average Bonchev–Trinajstić information content (AvgIpc) is 2.75. The predicted molar refractivity (Wildman–Crippen MR) is 85.7 cm³/mol. The summed E-state index contributed by atoms with van der Waals surface area (Å²) < 4.78 is 26.2. The van der Waals surface area contributed by atoms with Crippen LogP contribution in [0.25, 0.3) is 0 Å². The number of benzene rings is 1. The highest BCUT2D eigenvalue weighted by atomic mass is 19.1. The van der Waals surface area contributed by atoms with Gasteiger partial charge in [0.15, 0.2) is 0 Å². The van der Waals surface area contributed by atoms with E-state index in [1.54, 1.807) is 0 Å². The molecule has 1 spiro atoms. The van der Waals surface area contributed by atoms with Crippen LogP contribution < -0.4 is 10.6 Å². The number of carbonyl (C=O) groups excluding carboxylic acids is 3. The molecule has 4 amide bonds. The van der Waals surface area contributed by atoms with Gasteiger partial charge in [-0.2, -0.15) is 0 Å². The van der Waals surface area contributed by atoms with Gasteiger partial charge in [-0.1, -0.05) is 19.3 Å². The highest BCUT2D eigenvalue weighted by Crippen LogP contribution is 2.33. The first kappa shape index (κ1) is 17.3. The summed E-state index contributed by atoms with van der Waals surface area (Å²) in [7, 11) is 0. The van der Waals surface area contributed by atoms with E-state index in [4.69, 9.17) is 0 Å². The molecule has 2 fully saturated rings. The first-order valence-corrected chi connectivity index (χ1v) is 8.30. The molecule has 134 valence electrons. The largest absolute Gasteiger partial charge is 0.326 e. The zero-order valence-corrected chi connectivity index (χ0v) is 13.6. The zero-order valence-electron chi connectivity index (χ0n) is 13.6. The fourth-order valence-electron chi connectivity index (χ4n) is 3.44. The molecule has 1 heterocycles. The number of carbonyl (C=O) groups is 3. The summed E-state index contributed by atoms with van der Waals surface area (Å²) in [6.07, 6.45) is 3.88. The molecule has 1 saturated carbocycles. The van der Waals surface area contributed by atoms with Crippen LogP contribution in [0.2, 0.25) is 0 Å². The third kappa shape index (κ3) is 3.62. The predicted octanol–water partition coefficient (Wildman–Crippen LogP) is 2.55. The monoisotopic (exact) mass is 351 g/mol. The van der Waals surface area contributed by atoms with Crippen LogP contribution >= 0.6 is 0 Å². The van der Waals surface area contributed by atoms with Crippen LogP contribution in [-0.2, 0) is 9.59 Å². The Labute approximate surface area is 143 Å². The van der Waals surface area contributed by atoms with E-state index in [1.165, 1.54) is 0 Å². The molecule has 0 bridgehead atoms. The number of amides is 4. The smallest absolute Gasteiger partial charge is 0.325 e. The van der Waals surface area contributed by atoms with Crippen LogP contribution in [-0.4, -0.2) is 34.8 Å². The molecule has 1 saturated heterocycles. The average molecular weight is 351 g/mol. The zero-order chi connectivity index (χ0) is 18.0. The number of hydrogen-bond donors (Lipinski definition) is 2. The van der Waals surface area contributed by atoms with Crippen molar-refractivity contribution in [1.82, 2.24) is 10.2 Å². The van der Waals surface area contributed by atoms with Crippen molar-refractivity contribution in [2.24, 2.45) is 0 Å². The Kier molecular flexibility index (Phi) is 4.69. The van der Waals surface area contributed by atoms with Crippen molar-refractivity contribution in [2.45, 2.75) is 44.1 Å². The maximum atomic E-state index is 13.1. The molecular formula is C17H19F2N3O3. The third-order valence-corrected chi connectivity index (χ3v) is 4.66. The molecule has 2 aliphatic rings. The van der Waals surface area contributed by atoms with Crippen molar-refractivity contribution in [2.75, 3.05) is 11.9 Å². The second-order valence-electron chi connectivity index (χ2n) is 6.49. The molecule has 3 rings (SSSR count). The lowest BCUT2D eigenvalue weighted by Gasteiger charge is -2.30. The Morgan fingerprint density at radius 2 is 1.76 bits per heavy atom. The molecule has 8 heteroatoms. The van der Waals surface area contributed by atoms with Gasteiger partial charge >= 0.3 is 6.03 Å². The van der Waals surface area contributed by atoms with Crippen LogP contribution in [0.5, 0.6) is 0 Å². The van der Waals surface area contributed by atoms with Gasteiger partial charge in [0.2, 0.25) is 5.91 Å². The van der Waals surface area contributed by atoms with Gasteiger partial charge in [-0.05, 0) is 25.0 Å². The molecule has 1 aliphatic heterocycles. The number of anilines is 1. The molecule has 0 atom stereocenters. The number of imide groups is 1. The van der Waals surface area contributed by atoms with Crippen LogP contribution in [0.3, 0.4) is 0 Å². The molecule has 2 N–H and O–H groups in total. The van der Waals surface area contributed by atoms with Crippen molar-refractivity contribution in [3.8, 4) is 0 Å². The van der Waals surface area contributed by atoms with Gasteiger partial charge in [0.05, 0.1) is 0 Å². The van der Waals surface area contributed by atoms with E-state index in [9.17, 15) is 23.2 Å². The first-order chi connectivity index (χ1) is 11.9. The van der Waals surface area contributed by atoms with E-state index in [2.05, 4.69) is 10.6 Å². The molecule has 0 radical (unpaired) electrons. The summed E-state index contributed by atoms with van der Waals surface area (Å²) in [5, 5.41) is 5.12. The number of rotatable bonds is 4. The molecule has 1 aliphatic carbocycles. The lowest BCUT2D eigenvalue weighted by molar-refractivity contribution is -0.132. The maximum absolute atomic E-state index is 13.1. The van der Waals surface area contributed by atoms with Crippen molar-refractivity contribution >= 4 is 23.5 Å². The number of nitrogens with zero attached hydrogens (tertiary/aromatic N) is 1. The summed E-state index contributed by atoms with van der Waals surface area (Å²) in [5.41, 5.74) is -0.833. The van der Waals surface area contributed by atoms with Crippen LogP contribution in [0.15, 0.2) is 18.2 Å². The molecule has 0 unspecified atom stereocenters. The molecule has 0 aromatic heterocycles. The van der Waals surface area contributed by atoms with Gasteiger partial charge in [0.1, 0.15) is 17.2 Å². The van der Waals surface area contributed by atoms with Gasteiger partial charge < -0.3 is 10.6 Å². The van der Waals surface area contributed by atoms with Crippen molar-refractivity contribution < 1.29 is 23.2 Å². The number of urea groups is 1. The summed E-state index contributed by atoms with van der Waals surface area (Å²) in [5.74, 6) is -2.43. The molecule has 25 heavy (non-hydrogen) atoms. The van der Waals surface area contributed by atoms with Gasteiger partial charge in [-0.15, -0.1) is 0 Å². The Morgan fingerprint density at radius 3 is 2.40 bits per heavy atom. The van der Waals surface area contributed by atoms with E-state index < -0.39 is 29.1 Å². The number of nitrogens with one attached hydrogen (secondary N) is 2. The number of hydrogen-bond acceptors (Lipinski definition) is 3. The fourth-order valence-corrected chi connectivity index (χ4v) is 3.44. The lowest BCUT2D eigenvalue weighted by Crippen LogP contribution is -2.48. The summed E-state index contributed by atoms with van der Waals surface area (Å²) in [6, 6.07) is 2.20. The maximum Gasteiger partial charge on any atom is 0.325 e. The van der Waals surface area contributed by atoms with Crippen molar-refractivity contribution in [3.63, 3.8) is 0 Å². The topological polar surface area (TPSA) is 78.5 Å². The van der Waals surface area contributed by atoms with E-state index in [0.717, 1.165) is 36.3 Å². The lowest BCUT2D eigenvalue weighted by atomic mass is 9.82. The van der Waals surface area contributed by atoms with E-state index in [-0.39, 0.29) is 24.6 Å². The Hall–Kier alpha value is -2.51. The summed E-state index contributed by atoms with van der Waals surface area (Å²) in [4.78, 5) is 37.6. The summed E-state index contributed by atoms with van der Waals surface area (Å²) in [6.45, 7) is -0.0734. The van der Waals surface area contributed by atoms with Gasteiger partial charge in [0, 0.05) is 24.7 Å². The number of halogens is 2. The van der Waals surface area contributed by atoms with Gasteiger partial charge in [-0.25, -0.2) is 13.6 Å². The van der Waals surface area contributed by atoms with Gasteiger partial charge in [0.25, 0.3) is 5.91 Å². The van der Waals surface area contributed by atoms with Gasteiger partial charge in [-0.3, -0.25) is 14.5 Å². The van der Waals surface area contributed by atoms with Crippen LogP contribution in [0.1, 0.15) is 38.5 Å². The van der Waals surface area contributed by atoms with E-state index in [0.29, 0.717) is 18.9 Å². The summed E-state index contributed by atoms with van der Waals surface area (Å²) >= 11 is 0. The Balaban J connectivity index is 1.58. The third-order valence-electron chi connectivity index (χ3n) is 4.66. The Bertz CT molecular complexity index is 697. The minimum absolute atomic E-state index is 0.0107. The van der Waals surface area contributed by atoms with E-state index in [1.807, 2.05) is 0 Å². The first-order valence-electron chi connectivity index (χ1n) is 8.30. The molecule has 1 aromatic carbocycles. The highest BCUT2D eigenvalue weighted by Gasteiger charge is 2.50. The minimum atomic E-state index is -0.822. The SMILES string of the molecule is O=C(CCN1C(=O)NC2(CCCCC2)C1=O)Nc1cc(F)cc(F)c1.